The summed E-state index contributed by atoms with van der Waals surface area (Å²) in [6.45, 7) is 6.78. The molecule has 0 heterocycles. The van der Waals surface area contributed by atoms with Gasteiger partial charge in [0.1, 0.15) is 0 Å². The molecule has 1 aromatic rings. The maximum Gasteiger partial charge on any atom is 0.0334 e. The molecule has 0 spiro atoms. The topological polar surface area (TPSA) is 26.0 Å². The van der Waals surface area contributed by atoms with Gasteiger partial charge in [-0.1, -0.05) is 51.8 Å². The van der Waals surface area contributed by atoms with Gasteiger partial charge in [0.15, 0.2) is 0 Å². The summed E-state index contributed by atoms with van der Waals surface area (Å²) in [5.74, 6) is 0.687. The fourth-order valence-electron chi connectivity index (χ4n) is 2.75. The van der Waals surface area contributed by atoms with Crippen LogP contribution in [-0.4, -0.2) is 4.75 Å². The molecule has 1 aliphatic rings. The van der Waals surface area contributed by atoms with Crippen LogP contribution in [-0.2, 0) is 0 Å². The second-order valence-corrected chi connectivity index (χ2v) is 8.19. The van der Waals surface area contributed by atoms with Gasteiger partial charge < -0.3 is 5.73 Å². The third kappa shape index (κ3) is 4.70. The van der Waals surface area contributed by atoms with Crippen LogP contribution >= 0.6 is 24.2 Å². The maximum atomic E-state index is 6.51. The first-order valence-corrected chi connectivity index (χ1v) is 7.82. The van der Waals surface area contributed by atoms with Crippen LogP contribution in [0.4, 0.5) is 0 Å². The largest absolute Gasteiger partial charge is 0.324 e. The van der Waals surface area contributed by atoms with E-state index < -0.39 is 0 Å². The van der Waals surface area contributed by atoms with Crippen molar-refractivity contribution < 1.29 is 0 Å². The van der Waals surface area contributed by atoms with Crippen LogP contribution in [0.5, 0.6) is 0 Å². The van der Waals surface area contributed by atoms with Crippen LogP contribution in [0.1, 0.15) is 58.1 Å². The van der Waals surface area contributed by atoms with Crippen molar-refractivity contribution in [3.63, 3.8) is 0 Å². The van der Waals surface area contributed by atoms with Crippen molar-refractivity contribution in [1.29, 1.82) is 0 Å². The summed E-state index contributed by atoms with van der Waals surface area (Å²) >= 11 is 1.93. The number of hydrogen-bond acceptors (Lipinski definition) is 2. The Kier molecular flexibility index (Phi) is 6.22. The molecule has 2 rings (SSSR count). The second kappa shape index (κ2) is 7.01. The fraction of sp³-hybridized carbons (Fsp3) is 0.625. The van der Waals surface area contributed by atoms with E-state index >= 15 is 0 Å². The molecule has 1 aromatic carbocycles. The number of nitrogens with two attached hydrogens (primary N) is 1. The molecule has 0 unspecified atom stereocenters. The Bertz CT molecular complexity index is 394. The SMILES string of the molecule is CC(C)(C)Sc1ccccc1[C@@H](N)C1CCCC1.Cl. The van der Waals surface area contributed by atoms with Gasteiger partial charge >= 0.3 is 0 Å². The van der Waals surface area contributed by atoms with Crippen molar-refractivity contribution in [3.8, 4) is 0 Å². The first kappa shape index (κ1) is 16.9. The van der Waals surface area contributed by atoms with E-state index in [0.717, 1.165) is 0 Å². The Morgan fingerprint density at radius 1 is 1.16 bits per heavy atom. The number of hydrogen-bond donors (Lipinski definition) is 1. The quantitative estimate of drug-likeness (QED) is 0.777. The molecule has 1 nitrogen and oxygen atoms in total. The highest BCUT2D eigenvalue weighted by atomic mass is 35.5. The molecule has 0 saturated heterocycles. The van der Waals surface area contributed by atoms with Crippen LogP contribution in [0.15, 0.2) is 29.2 Å². The average Bonchev–Trinajstić information content (AvgIpc) is 2.80. The van der Waals surface area contributed by atoms with E-state index in [1.165, 1.54) is 36.1 Å². The maximum absolute atomic E-state index is 6.51. The van der Waals surface area contributed by atoms with Crippen molar-refractivity contribution in [2.45, 2.75) is 62.1 Å². The summed E-state index contributed by atoms with van der Waals surface area (Å²) in [7, 11) is 0. The highest BCUT2D eigenvalue weighted by Crippen LogP contribution is 2.40. The highest BCUT2D eigenvalue weighted by molar-refractivity contribution is 8.00. The molecule has 0 aromatic heterocycles. The highest BCUT2D eigenvalue weighted by Gasteiger charge is 2.26. The van der Waals surface area contributed by atoms with Crippen LogP contribution in [0.3, 0.4) is 0 Å². The van der Waals surface area contributed by atoms with E-state index in [2.05, 4.69) is 45.0 Å². The van der Waals surface area contributed by atoms with E-state index in [1.54, 1.807) is 0 Å². The van der Waals surface area contributed by atoms with Crippen molar-refractivity contribution in [2.24, 2.45) is 11.7 Å². The number of thioether (sulfide) groups is 1. The third-order valence-electron chi connectivity index (χ3n) is 3.60. The zero-order chi connectivity index (χ0) is 13.2. The van der Waals surface area contributed by atoms with E-state index in [-0.39, 0.29) is 23.2 Å². The van der Waals surface area contributed by atoms with Crippen molar-refractivity contribution in [2.75, 3.05) is 0 Å². The summed E-state index contributed by atoms with van der Waals surface area (Å²) in [6.07, 6.45) is 5.31. The molecule has 1 aliphatic carbocycles. The Hall–Kier alpha value is -0.180. The van der Waals surface area contributed by atoms with Gasteiger partial charge in [-0.3, -0.25) is 0 Å². The van der Waals surface area contributed by atoms with Gasteiger partial charge in [0.05, 0.1) is 0 Å². The first-order valence-electron chi connectivity index (χ1n) is 7.01. The van der Waals surface area contributed by atoms with Crippen molar-refractivity contribution in [3.05, 3.63) is 29.8 Å². The molecule has 0 amide bonds. The molecule has 0 radical (unpaired) electrons. The molecule has 3 heteroatoms. The lowest BCUT2D eigenvalue weighted by Gasteiger charge is -2.25. The van der Waals surface area contributed by atoms with Gasteiger partial charge in [0.2, 0.25) is 0 Å². The lowest BCUT2D eigenvalue weighted by Crippen LogP contribution is -2.20. The van der Waals surface area contributed by atoms with Crippen LogP contribution in [0.25, 0.3) is 0 Å². The molecular formula is C16H26ClNS. The summed E-state index contributed by atoms with van der Waals surface area (Å²) in [4.78, 5) is 1.37. The molecular weight excluding hydrogens is 274 g/mol. The van der Waals surface area contributed by atoms with Gasteiger partial charge in [-0.15, -0.1) is 24.2 Å². The van der Waals surface area contributed by atoms with Gasteiger partial charge in [-0.25, -0.2) is 0 Å². The molecule has 1 atom stereocenters. The minimum Gasteiger partial charge on any atom is -0.324 e. The Balaban J connectivity index is 0.00000180. The second-order valence-electron chi connectivity index (χ2n) is 6.32. The van der Waals surface area contributed by atoms with E-state index in [9.17, 15) is 0 Å². The standard InChI is InChI=1S/C16H25NS.ClH/c1-16(2,3)18-14-11-7-6-10-13(14)15(17)12-8-4-5-9-12;/h6-7,10-12,15H,4-5,8-9,17H2,1-3H3;1H/t15-;/m0./s1. The summed E-state index contributed by atoms with van der Waals surface area (Å²) in [5.41, 5.74) is 7.86. The normalized spacial score (nSPS) is 18.1. The van der Waals surface area contributed by atoms with E-state index in [0.29, 0.717) is 5.92 Å². The smallest absolute Gasteiger partial charge is 0.0334 e. The van der Waals surface area contributed by atoms with Gasteiger partial charge in [-0.2, -0.15) is 0 Å². The van der Waals surface area contributed by atoms with E-state index in [1.807, 2.05) is 11.8 Å². The van der Waals surface area contributed by atoms with Crippen molar-refractivity contribution >= 4 is 24.2 Å². The number of halogens is 1. The van der Waals surface area contributed by atoms with Crippen LogP contribution in [0.2, 0.25) is 0 Å². The third-order valence-corrected chi connectivity index (χ3v) is 4.81. The molecule has 0 aliphatic heterocycles. The zero-order valence-electron chi connectivity index (χ0n) is 12.2. The fourth-order valence-corrected chi connectivity index (χ4v) is 3.88. The summed E-state index contributed by atoms with van der Waals surface area (Å²) < 4.78 is 0.242. The van der Waals surface area contributed by atoms with Gasteiger partial charge in [-0.05, 0) is 30.4 Å². The summed E-state index contributed by atoms with van der Waals surface area (Å²) in [6, 6.07) is 8.91. The Labute approximate surface area is 128 Å². The lowest BCUT2D eigenvalue weighted by atomic mass is 9.92. The van der Waals surface area contributed by atoms with Crippen LogP contribution in [0, 0.1) is 5.92 Å². The minimum atomic E-state index is 0. The van der Waals surface area contributed by atoms with E-state index in [4.69, 9.17) is 5.73 Å². The first-order chi connectivity index (χ1) is 8.47. The van der Waals surface area contributed by atoms with Crippen molar-refractivity contribution in [1.82, 2.24) is 0 Å². The zero-order valence-corrected chi connectivity index (χ0v) is 13.8. The predicted octanol–water partition coefficient (Wildman–Crippen LogP) is 5.19. The molecule has 108 valence electrons. The minimum absolute atomic E-state index is 0. The predicted molar refractivity (Wildman–Crippen MR) is 88.2 cm³/mol. The molecule has 19 heavy (non-hydrogen) atoms. The summed E-state index contributed by atoms with van der Waals surface area (Å²) in [5, 5.41) is 0. The Morgan fingerprint density at radius 3 is 2.32 bits per heavy atom. The monoisotopic (exact) mass is 299 g/mol. The Morgan fingerprint density at radius 2 is 1.74 bits per heavy atom. The van der Waals surface area contributed by atoms with Gasteiger partial charge in [0.25, 0.3) is 0 Å². The lowest BCUT2D eigenvalue weighted by molar-refractivity contribution is 0.440. The molecule has 0 bridgehead atoms. The molecule has 1 fully saturated rings. The van der Waals surface area contributed by atoms with Crippen LogP contribution < -0.4 is 5.73 Å². The average molecular weight is 300 g/mol. The number of rotatable bonds is 3. The number of benzene rings is 1. The molecule has 2 N–H and O–H groups in total. The molecule has 1 saturated carbocycles. The van der Waals surface area contributed by atoms with Gasteiger partial charge in [0, 0.05) is 15.7 Å².